The lowest BCUT2D eigenvalue weighted by atomic mass is 10.2. The van der Waals surface area contributed by atoms with Crippen molar-refractivity contribution in [2.45, 2.75) is 0 Å². The van der Waals surface area contributed by atoms with Crippen molar-refractivity contribution in [1.29, 1.82) is 0 Å². The molecule has 0 aliphatic carbocycles. The molecule has 2 rings (SSSR count). The number of rotatable bonds is 2. The van der Waals surface area contributed by atoms with Gasteiger partial charge in [-0.25, -0.2) is 0 Å². The molecule has 0 radical (unpaired) electrons. The standard InChI is InChI=1S/C14H9Br2ClN2OS/c15-8-5-6-12(11(17)7-8)18-14(21)19-13(20)9-3-1-2-4-10(9)16/h1-7H,(H2,18,19,20,21). The minimum atomic E-state index is -0.298. The van der Waals surface area contributed by atoms with Crippen LogP contribution >= 0.6 is 55.7 Å². The lowest BCUT2D eigenvalue weighted by molar-refractivity contribution is 0.0977. The minimum absolute atomic E-state index is 0.181. The van der Waals surface area contributed by atoms with Crippen molar-refractivity contribution in [2.24, 2.45) is 0 Å². The Kier molecular flexibility index (Phi) is 5.75. The van der Waals surface area contributed by atoms with Crippen molar-refractivity contribution in [2.75, 3.05) is 5.32 Å². The normalized spacial score (nSPS) is 10.0. The zero-order valence-corrected chi connectivity index (χ0v) is 15.2. The fourth-order valence-electron chi connectivity index (χ4n) is 1.56. The summed E-state index contributed by atoms with van der Waals surface area (Å²) in [6.07, 6.45) is 0. The number of nitrogens with one attached hydrogen (secondary N) is 2. The van der Waals surface area contributed by atoms with Gasteiger partial charge in [0.15, 0.2) is 5.11 Å². The van der Waals surface area contributed by atoms with Crippen molar-refractivity contribution in [3.8, 4) is 0 Å². The fourth-order valence-corrected chi connectivity index (χ4v) is 2.95. The molecule has 0 unspecified atom stereocenters. The van der Waals surface area contributed by atoms with Crippen LogP contribution in [0.15, 0.2) is 51.4 Å². The molecule has 7 heteroatoms. The van der Waals surface area contributed by atoms with Crippen molar-refractivity contribution in [3.63, 3.8) is 0 Å². The van der Waals surface area contributed by atoms with Gasteiger partial charge in [0, 0.05) is 8.95 Å². The molecule has 108 valence electrons. The molecule has 2 N–H and O–H groups in total. The first-order chi connectivity index (χ1) is 9.97. The van der Waals surface area contributed by atoms with Gasteiger partial charge >= 0.3 is 0 Å². The van der Waals surface area contributed by atoms with Gasteiger partial charge < -0.3 is 5.32 Å². The average Bonchev–Trinajstić information content (AvgIpc) is 2.42. The highest BCUT2D eigenvalue weighted by Gasteiger charge is 2.11. The molecule has 0 bridgehead atoms. The van der Waals surface area contributed by atoms with Gasteiger partial charge in [0.25, 0.3) is 5.91 Å². The minimum Gasteiger partial charge on any atom is -0.331 e. The Morgan fingerprint density at radius 3 is 2.52 bits per heavy atom. The summed E-state index contributed by atoms with van der Waals surface area (Å²) in [5, 5.41) is 6.18. The zero-order chi connectivity index (χ0) is 15.4. The molecule has 21 heavy (non-hydrogen) atoms. The summed E-state index contributed by atoms with van der Waals surface area (Å²) in [6.45, 7) is 0. The molecular formula is C14H9Br2ClN2OS. The number of carbonyl (C=O) groups is 1. The lowest BCUT2D eigenvalue weighted by Gasteiger charge is -2.11. The number of hydrogen-bond acceptors (Lipinski definition) is 2. The summed E-state index contributed by atoms with van der Waals surface area (Å²) in [5.74, 6) is -0.298. The van der Waals surface area contributed by atoms with Gasteiger partial charge in [-0.3, -0.25) is 10.1 Å². The monoisotopic (exact) mass is 446 g/mol. The molecule has 0 atom stereocenters. The van der Waals surface area contributed by atoms with Gasteiger partial charge in [-0.2, -0.15) is 0 Å². The number of hydrogen-bond donors (Lipinski definition) is 2. The van der Waals surface area contributed by atoms with Crippen LogP contribution in [0.3, 0.4) is 0 Å². The van der Waals surface area contributed by atoms with E-state index in [-0.39, 0.29) is 11.0 Å². The second kappa shape index (κ2) is 7.35. The maximum absolute atomic E-state index is 12.1. The van der Waals surface area contributed by atoms with Crippen LogP contribution in [-0.2, 0) is 0 Å². The number of anilines is 1. The summed E-state index contributed by atoms with van der Waals surface area (Å²) in [7, 11) is 0. The molecule has 1 amide bonds. The van der Waals surface area contributed by atoms with Gasteiger partial charge in [-0.05, 0) is 58.5 Å². The molecule has 0 aliphatic heterocycles. The number of benzene rings is 2. The topological polar surface area (TPSA) is 41.1 Å². The van der Waals surface area contributed by atoms with Crippen LogP contribution in [0.5, 0.6) is 0 Å². The smallest absolute Gasteiger partial charge is 0.258 e. The number of thiocarbonyl (C=S) groups is 1. The first-order valence-corrected chi connectivity index (χ1v) is 8.16. The van der Waals surface area contributed by atoms with Crippen LogP contribution in [0.2, 0.25) is 5.02 Å². The summed E-state index contributed by atoms with van der Waals surface area (Å²) >= 11 is 17.8. The van der Waals surface area contributed by atoms with Gasteiger partial charge in [-0.1, -0.05) is 39.7 Å². The predicted octanol–water partition coefficient (Wildman–Crippen LogP) is 4.99. The molecule has 3 nitrogen and oxygen atoms in total. The summed E-state index contributed by atoms with van der Waals surface area (Å²) in [6, 6.07) is 12.4. The van der Waals surface area contributed by atoms with Gasteiger partial charge in [0.2, 0.25) is 0 Å². The lowest BCUT2D eigenvalue weighted by Crippen LogP contribution is -2.34. The highest BCUT2D eigenvalue weighted by Crippen LogP contribution is 2.25. The van der Waals surface area contributed by atoms with Crippen LogP contribution in [-0.4, -0.2) is 11.0 Å². The molecular weight excluding hydrogens is 439 g/mol. The fraction of sp³-hybridized carbons (Fsp3) is 0. The van der Waals surface area contributed by atoms with E-state index in [1.807, 2.05) is 12.1 Å². The third-order valence-corrected chi connectivity index (χ3v) is 4.23. The number of halogens is 3. The Labute approximate surface area is 149 Å². The Bertz CT molecular complexity index is 709. The Hall–Kier alpha value is -0.950. The van der Waals surface area contributed by atoms with E-state index in [1.54, 1.807) is 30.3 Å². The Balaban J connectivity index is 2.05. The van der Waals surface area contributed by atoms with Crippen molar-refractivity contribution < 1.29 is 4.79 Å². The summed E-state index contributed by atoms with van der Waals surface area (Å²) < 4.78 is 1.56. The average molecular weight is 449 g/mol. The molecule has 2 aromatic rings. The quantitative estimate of drug-likeness (QED) is 0.636. The van der Waals surface area contributed by atoms with E-state index in [0.29, 0.717) is 20.7 Å². The Morgan fingerprint density at radius 2 is 1.86 bits per heavy atom. The van der Waals surface area contributed by atoms with Crippen LogP contribution in [0.4, 0.5) is 5.69 Å². The van der Waals surface area contributed by atoms with E-state index < -0.39 is 0 Å². The second-order valence-electron chi connectivity index (χ2n) is 4.01. The first kappa shape index (κ1) is 16.4. The Morgan fingerprint density at radius 1 is 1.14 bits per heavy atom. The largest absolute Gasteiger partial charge is 0.331 e. The molecule has 0 aromatic heterocycles. The third kappa shape index (κ3) is 4.51. The zero-order valence-electron chi connectivity index (χ0n) is 10.5. The summed E-state index contributed by atoms with van der Waals surface area (Å²) in [5.41, 5.74) is 1.13. The van der Waals surface area contributed by atoms with E-state index in [1.165, 1.54) is 0 Å². The van der Waals surface area contributed by atoms with Crippen LogP contribution in [0.1, 0.15) is 10.4 Å². The molecule has 0 aliphatic rings. The van der Waals surface area contributed by atoms with Crippen molar-refractivity contribution in [3.05, 3.63) is 62.0 Å². The van der Waals surface area contributed by atoms with Gasteiger partial charge in [0.1, 0.15) is 0 Å². The second-order valence-corrected chi connectivity index (χ2v) is 6.60. The molecule has 0 saturated heterocycles. The summed E-state index contributed by atoms with van der Waals surface area (Å²) in [4.78, 5) is 12.1. The van der Waals surface area contributed by atoms with E-state index in [2.05, 4.69) is 42.5 Å². The molecule has 0 fully saturated rings. The van der Waals surface area contributed by atoms with Crippen molar-refractivity contribution >= 4 is 72.4 Å². The molecule has 0 spiro atoms. The maximum Gasteiger partial charge on any atom is 0.258 e. The first-order valence-electron chi connectivity index (χ1n) is 5.79. The molecule has 2 aromatic carbocycles. The van der Waals surface area contributed by atoms with E-state index in [4.69, 9.17) is 23.8 Å². The number of amides is 1. The van der Waals surface area contributed by atoms with Gasteiger partial charge in [-0.15, -0.1) is 0 Å². The highest BCUT2D eigenvalue weighted by molar-refractivity contribution is 9.10. The van der Waals surface area contributed by atoms with E-state index in [0.717, 1.165) is 4.47 Å². The number of carbonyl (C=O) groups excluding carboxylic acids is 1. The van der Waals surface area contributed by atoms with E-state index >= 15 is 0 Å². The van der Waals surface area contributed by atoms with Crippen LogP contribution in [0.25, 0.3) is 0 Å². The highest BCUT2D eigenvalue weighted by atomic mass is 79.9. The van der Waals surface area contributed by atoms with Crippen LogP contribution in [0, 0.1) is 0 Å². The van der Waals surface area contributed by atoms with Gasteiger partial charge in [0.05, 0.1) is 16.3 Å². The van der Waals surface area contributed by atoms with E-state index in [9.17, 15) is 4.79 Å². The predicted molar refractivity (Wildman–Crippen MR) is 97.0 cm³/mol. The SMILES string of the molecule is O=C(NC(=S)Nc1ccc(Br)cc1Cl)c1ccccc1Br. The molecule has 0 saturated carbocycles. The third-order valence-electron chi connectivity index (χ3n) is 2.52. The van der Waals surface area contributed by atoms with Crippen molar-refractivity contribution in [1.82, 2.24) is 5.32 Å². The van der Waals surface area contributed by atoms with Crippen LogP contribution < -0.4 is 10.6 Å². The molecule has 0 heterocycles. The maximum atomic E-state index is 12.1.